The molecule has 1 amide bonds. The Hall–Kier alpha value is -3.68. The summed E-state index contributed by atoms with van der Waals surface area (Å²) in [4.78, 5) is 25.5. The van der Waals surface area contributed by atoms with Gasteiger partial charge in [0.2, 0.25) is 0 Å². The van der Waals surface area contributed by atoms with E-state index in [1.807, 2.05) is 73.7 Å². The van der Waals surface area contributed by atoms with Gasteiger partial charge in [-0.1, -0.05) is 78.3 Å². The Morgan fingerprint density at radius 2 is 1.59 bits per heavy atom. The third-order valence-corrected chi connectivity index (χ3v) is 8.01. The average molecular weight is 533 g/mol. The highest BCUT2D eigenvalue weighted by atomic mass is 35.5. The SMILES string of the molecule is COC(=O)C1(c2ccc(-c3ccc(-c4snc(C)c4NC(=O)OCc4ccccc4Cl)cc3)cc2)CC1. The number of nitrogens with zero attached hydrogens (tertiary/aromatic N) is 1. The molecule has 0 spiro atoms. The van der Waals surface area contributed by atoms with Crippen LogP contribution in [0.5, 0.6) is 0 Å². The molecule has 0 unspecified atom stereocenters. The predicted octanol–water partition coefficient (Wildman–Crippen LogP) is 7.39. The zero-order chi connectivity index (χ0) is 26.0. The van der Waals surface area contributed by atoms with E-state index in [2.05, 4.69) is 9.69 Å². The summed E-state index contributed by atoms with van der Waals surface area (Å²) in [6.07, 6.45) is 1.08. The van der Waals surface area contributed by atoms with Crippen LogP contribution in [0.4, 0.5) is 10.5 Å². The first kappa shape index (κ1) is 25.0. The van der Waals surface area contributed by atoms with E-state index in [0.717, 1.165) is 45.5 Å². The first-order valence-corrected chi connectivity index (χ1v) is 13.0. The minimum absolute atomic E-state index is 0.0751. The topological polar surface area (TPSA) is 77.5 Å². The van der Waals surface area contributed by atoms with E-state index in [9.17, 15) is 9.59 Å². The number of methoxy groups -OCH3 is 1. The Morgan fingerprint density at radius 3 is 2.22 bits per heavy atom. The normalized spacial score (nSPS) is 13.6. The second-order valence-electron chi connectivity index (χ2n) is 8.99. The molecule has 6 nitrogen and oxygen atoms in total. The lowest BCUT2D eigenvalue weighted by Gasteiger charge is -2.13. The predicted molar refractivity (Wildman–Crippen MR) is 146 cm³/mol. The summed E-state index contributed by atoms with van der Waals surface area (Å²) in [5.74, 6) is -0.165. The molecule has 0 saturated heterocycles. The fourth-order valence-corrected chi connectivity index (χ4v) is 5.38. The van der Waals surface area contributed by atoms with Gasteiger partial charge in [-0.2, -0.15) is 4.37 Å². The second kappa shape index (κ2) is 10.4. The van der Waals surface area contributed by atoms with Gasteiger partial charge >= 0.3 is 12.1 Å². The molecule has 4 aromatic rings. The molecule has 1 aliphatic carbocycles. The molecule has 1 aliphatic rings. The molecule has 1 saturated carbocycles. The summed E-state index contributed by atoms with van der Waals surface area (Å²) in [7, 11) is 1.44. The quantitative estimate of drug-likeness (QED) is 0.251. The molecule has 1 fully saturated rings. The van der Waals surface area contributed by atoms with Crippen molar-refractivity contribution in [1.29, 1.82) is 0 Å². The molecule has 1 aromatic heterocycles. The van der Waals surface area contributed by atoms with Crippen molar-refractivity contribution in [1.82, 2.24) is 4.37 Å². The van der Waals surface area contributed by atoms with E-state index in [-0.39, 0.29) is 12.6 Å². The number of ether oxygens (including phenoxy) is 2. The Balaban J connectivity index is 1.28. The van der Waals surface area contributed by atoms with Gasteiger partial charge in [0.15, 0.2) is 0 Å². The van der Waals surface area contributed by atoms with Gasteiger partial charge in [-0.15, -0.1) is 0 Å². The van der Waals surface area contributed by atoms with Crippen molar-refractivity contribution in [3.8, 4) is 21.6 Å². The van der Waals surface area contributed by atoms with E-state index in [4.69, 9.17) is 21.1 Å². The number of aryl methyl sites for hydroxylation is 1. The highest BCUT2D eigenvalue weighted by molar-refractivity contribution is 7.10. The Labute approximate surface area is 224 Å². The number of nitrogens with one attached hydrogen (secondary N) is 1. The summed E-state index contributed by atoms with van der Waals surface area (Å²) in [6.45, 7) is 1.92. The molecular weight excluding hydrogens is 508 g/mol. The van der Waals surface area contributed by atoms with E-state index in [1.165, 1.54) is 18.6 Å². The maximum atomic E-state index is 12.5. The smallest absolute Gasteiger partial charge is 0.412 e. The van der Waals surface area contributed by atoms with Gasteiger partial charge in [-0.25, -0.2) is 4.79 Å². The van der Waals surface area contributed by atoms with Crippen molar-refractivity contribution < 1.29 is 19.1 Å². The van der Waals surface area contributed by atoms with Gasteiger partial charge in [-0.3, -0.25) is 10.1 Å². The third kappa shape index (κ3) is 5.10. The van der Waals surface area contributed by atoms with Crippen LogP contribution in [0, 0.1) is 6.92 Å². The first-order chi connectivity index (χ1) is 17.9. The molecule has 188 valence electrons. The van der Waals surface area contributed by atoms with E-state index >= 15 is 0 Å². The molecule has 1 heterocycles. The maximum absolute atomic E-state index is 12.5. The van der Waals surface area contributed by atoms with Crippen molar-refractivity contribution in [3.05, 3.63) is 94.6 Å². The number of hydrogen-bond donors (Lipinski definition) is 1. The molecule has 0 atom stereocenters. The summed E-state index contributed by atoms with van der Waals surface area (Å²) in [5, 5.41) is 3.39. The van der Waals surface area contributed by atoms with Crippen LogP contribution in [0.25, 0.3) is 21.6 Å². The van der Waals surface area contributed by atoms with Gasteiger partial charge in [-0.05, 0) is 59.6 Å². The van der Waals surface area contributed by atoms with Gasteiger partial charge in [0.05, 0.1) is 28.8 Å². The number of hydrogen-bond acceptors (Lipinski definition) is 6. The zero-order valence-electron chi connectivity index (χ0n) is 20.4. The van der Waals surface area contributed by atoms with Crippen LogP contribution in [0.2, 0.25) is 5.02 Å². The Morgan fingerprint density at radius 1 is 0.973 bits per heavy atom. The molecule has 5 rings (SSSR count). The Bertz CT molecular complexity index is 1440. The number of amides is 1. The van der Waals surface area contributed by atoms with Gasteiger partial charge in [0, 0.05) is 10.6 Å². The zero-order valence-corrected chi connectivity index (χ0v) is 22.0. The average Bonchev–Trinajstić information content (AvgIpc) is 3.67. The number of halogens is 1. The van der Waals surface area contributed by atoms with Crippen LogP contribution in [0.3, 0.4) is 0 Å². The molecule has 3 aromatic carbocycles. The van der Waals surface area contributed by atoms with E-state index in [1.54, 1.807) is 6.07 Å². The van der Waals surface area contributed by atoms with Gasteiger partial charge < -0.3 is 9.47 Å². The molecule has 0 radical (unpaired) electrons. The molecule has 0 aliphatic heterocycles. The third-order valence-electron chi connectivity index (χ3n) is 6.65. The number of benzene rings is 3. The van der Waals surface area contributed by atoms with Gasteiger partial charge in [0.1, 0.15) is 6.61 Å². The van der Waals surface area contributed by atoms with Crippen molar-refractivity contribution in [2.75, 3.05) is 12.4 Å². The molecule has 37 heavy (non-hydrogen) atoms. The van der Waals surface area contributed by atoms with E-state index < -0.39 is 11.5 Å². The fourth-order valence-electron chi connectivity index (χ4n) is 4.34. The van der Waals surface area contributed by atoms with Crippen molar-refractivity contribution in [2.45, 2.75) is 31.8 Å². The molecule has 8 heteroatoms. The maximum Gasteiger partial charge on any atom is 0.412 e. The largest absolute Gasteiger partial charge is 0.468 e. The van der Waals surface area contributed by atoms with Crippen LogP contribution >= 0.6 is 23.1 Å². The van der Waals surface area contributed by atoms with E-state index in [0.29, 0.717) is 16.4 Å². The first-order valence-electron chi connectivity index (χ1n) is 11.8. The van der Waals surface area contributed by atoms with Crippen molar-refractivity contribution >= 4 is 40.9 Å². The van der Waals surface area contributed by atoms with Crippen LogP contribution in [0.15, 0.2) is 72.8 Å². The van der Waals surface area contributed by atoms with Crippen LogP contribution in [-0.4, -0.2) is 23.5 Å². The monoisotopic (exact) mass is 532 g/mol. The molecule has 1 N–H and O–H groups in total. The van der Waals surface area contributed by atoms with Crippen molar-refractivity contribution in [3.63, 3.8) is 0 Å². The number of carbonyl (C=O) groups excluding carboxylic acids is 2. The standard InChI is InChI=1S/C29H25ClN2O4S/c1-18-25(31-28(34)36-17-22-5-3-4-6-24(22)30)26(37-32-18)21-9-7-19(8-10-21)20-11-13-23(14-12-20)29(15-16-29)27(33)35-2/h3-14H,15-17H2,1-2H3,(H,31,34). The highest BCUT2D eigenvalue weighted by Gasteiger charge is 2.52. The van der Waals surface area contributed by atoms with Crippen molar-refractivity contribution in [2.24, 2.45) is 0 Å². The summed E-state index contributed by atoms with van der Waals surface area (Å²) < 4.78 is 14.8. The number of carbonyl (C=O) groups is 2. The lowest BCUT2D eigenvalue weighted by atomic mass is 9.93. The van der Waals surface area contributed by atoms with Crippen LogP contribution < -0.4 is 5.32 Å². The number of anilines is 1. The fraction of sp³-hybridized carbons (Fsp3) is 0.207. The summed E-state index contributed by atoms with van der Waals surface area (Å²) >= 11 is 7.47. The van der Waals surface area contributed by atoms with Gasteiger partial charge in [0.25, 0.3) is 0 Å². The summed E-state index contributed by atoms with van der Waals surface area (Å²) in [6, 6.07) is 23.4. The minimum atomic E-state index is -0.568. The summed E-state index contributed by atoms with van der Waals surface area (Å²) in [5.41, 5.74) is 5.65. The number of aromatic nitrogens is 1. The van der Waals surface area contributed by atoms with Crippen LogP contribution in [0.1, 0.15) is 29.7 Å². The number of esters is 1. The Kier molecular flexibility index (Phi) is 7.00. The lowest BCUT2D eigenvalue weighted by molar-refractivity contribution is -0.143. The van der Waals surface area contributed by atoms with Crippen LogP contribution in [-0.2, 0) is 26.3 Å². The second-order valence-corrected chi connectivity index (χ2v) is 10.2. The molecule has 0 bridgehead atoms. The highest BCUT2D eigenvalue weighted by Crippen LogP contribution is 2.49. The lowest BCUT2D eigenvalue weighted by Crippen LogP contribution is -2.21. The number of rotatable bonds is 7. The molecular formula is C29H25ClN2O4S. The minimum Gasteiger partial charge on any atom is -0.468 e.